The highest BCUT2D eigenvalue weighted by Gasteiger charge is 2.45. The summed E-state index contributed by atoms with van der Waals surface area (Å²) in [5.41, 5.74) is 2.86. The number of carbonyl (C=O) groups is 1. The van der Waals surface area contributed by atoms with Crippen molar-refractivity contribution in [3.8, 4) is 11.5 Å². The van der Waals surface area contributed by atoms with Crippen LogP contribution in [0.5, 0.6) is 11.5 Å². The van der Waals surface area contributed by atoms with Gasteiger partial charge in [-0.1, -0.05) is 35.1 Å². The van der Waals surface area contributed by atoms with Crippen molar-refractivity contribution in [2.45, 2.75) is 13.0 Å². The molecule has 3 aromatic carbocycles. The van der Waals surface area contributed by atoms with Crippen LogP contribution in [0.25, 0.3) is 21.2 Å². The Morgan fingerprint density at radius 1 is 0.971 bits per heavy atom. The number of methoxy groups -OCH3 is 2. The fourth-order valence-electron chi connectivity index (χ4n) is 4.53. The number of benzene rings is 3. The van der Waals surface area contributed by atoms with Gasteiger partial charge in [-0.15, -0.1) is 0 Å². The number of aryl methyl sites for hydroxylation is 1. The molecule has 0 aliphatic carbocycles. The second-order valence-corrected chi connectivity index (χ2v) is 9.37. The van der Waals surface area contributed by atoms with E-state index in [2.05, 4.69) is 0 Å². The topological polar surface area (TPSA) is 81.9 Å². The minimum absolute atomic E-state index is 0.0380. The van der Waals surface area contributed by atoms with Crippen molar-refractivity contribution in [3.63, 3.8) is 0 Å². The molecule has 1 aliphatic heterocycles. The number of nitrogens with zero attached hydrogens (tertiary/aromatic N) is 2. The lowest BCUT2D eigenvalue weighted by atomic mass is 9.98. The highest BCUT2D eigenvalue weighted by atomic mass is 32.1. The first-order chi connectivity index (χ1) is 17.0. The van der Waals surface area contributed by atoms with Gasteiger partial charge in [-0.05, 0) is 55.0 Å². The third-order valence-electron chi connectivity index (χ3n) is 6.23. The number of fused-ring (bicyclic) bond motifs is 3. The molecule has 1 aliphatic rings. The van der Waals surface area contributed by atoms with E-state index in [1.807, 2.05) is 55.5 Å². The summed E-state index contributed by atoms with van der Waals surface area (Å²) in [5, 5.41) is 0.914. The van der Waals surface area contributed by atoms with Crippen LogP contribution in [0.3, 0.4) is 0 Å². The van der Waals surface area contributed by atoms with Gasteiger partial charge >= 0.3 is 0 Å². The van der Waals surface area contributed by atoms with E-state index >= 15 is 0 Å². The lowest BCUT2D eigenvalue weighted by molar-refractivity contribution is 0.0971. The monoisotopic (exact) mass is 484 g/mol. The first kappa shape index (κ1) is 21.4. The molecule has 0 saturated heterocycles. The van der Waals surface area contributed by atoms with Crippen LogP contribution >= 0.6 is 11.3 Å². The maximum Gasteiger partial charge on any atom is 0.297 e. The van der Waals surface area contributed by atoms with Gasteiger partial charge in [0.25, 0.3) is 5.91 Å². The van der Waals surface area contributed by atoms with Gasteiger partial charge in [-0.2, -0.15) is 0 Å². The minimum Gasteiger partial charge on any atom is -0.497 e. The molecule has 0 radical (unpaired) electrons. The zero-order valence-electron chi connectivity index (χ0n) is 19.2. The summed E-state index contributed by atoms with van der Waals surface area (Å²) in [7, 11) is 3.18. The molecule has 0 fully saturated rings. The van der Waals surface area contributed by atoms with E-state index in [1.165, 1.54) is 11.3 Å². The zero-order chi connectivity index (χ0) is 24.3. The highest BCUT2D eigenvalue weighted by molar-refractivity contribution is 7.22. The molecule has 174 valence electrons. The molecule has 1 unspecified atom stereocenters. The standard InChI is InChI=1S/C27H20N2O5S/c1-14-7-10-20-18(11-14)24(30)22-23(15-5-4-6-16(12-15)32-2)29(26(31)25(22)34-20)27-28-19-9-8-17(33-3)13-21(19)35-27/h4-13,23H,1-3H3. The van der Waals surface area contributed by atoms with Crippen LogP contribution in [0.15, 0.2) is 69.9 Å². The molecule has 0 spiro atoms. The van der Waals surface area contributed by atoms with E-state index in [4.69, 9.17) is 18.9 Å². The fourth-order valence-corrected chi connectivity index (χ4v) is 5.55. The summed E-state index contributed by atoms with van der Waals surface area (Å²) in [6.45, 7) is 1.92. The molecule has 2 aromatic heterocycles. The van der Waals surface area contributed by atoms with Crippen molar-refractivity contribution >= 4 is 43.6 Å². The van der Waals surface area contributed by atoms with E-state index in [-0.39, 0.29) is 11.2 Å². The zero-order valence-corrected chi connectivity index (χ0v) is 20.0. The van der Waals surface area contributed by atoms with Crippen molar-refractivity contribution in [3.05, 3.63) is 93.3 Å². The molecule has 5 aromatic rings. The third kappa shape index (κ3) is 3.29. The lowest BCUT2D eigenvalue weighted by Gasteiger charge is -2.22. The number of amides is 1. The summed E-state index contributed by atoms with van der Waals surface area (Å²) in [6, 6.07) is 17.6. The third-order valence-corrected chi connectivity index (χ3v) is 7.24. The predicted molar refractivity (Wildman–Crippen MR) is 135 cm³/mol. The van der Waals surface area contributed by atoms with Crippen molar-refractivity contribution in [1.29, 1.82) is 0 Å². The second-order valence-electron chi connectivity index (χ2n) is 8.36. The Morgan fingerprint density at radius 2 is 1.77 bits per heavy atom. The molecule has 6 rings (SSSR count). The van der Waals surface area contributed by atoms with E-state index in [1.54, 1.807) is 31.3 Å². The Balaban J connectivity index is 1.62. The first-order valence-corrected chi connectivity index (χ1v) is 11.8. The van der Waals surface area contributed by atoms with Gasteiger partial charge in [0.1, 0.15) is 17.1 Å². The van der Waals surface area contributed by atoms with Crippen molar-refractivity contribution in [2.24, 2.45) is 0 Å². The molecule has 3 heterocycles. The molecular weight excluding hydrogens is 464 g/mol. The van der Waals surface area contributed by atoms with Gasteiger partial charge < -0.3 is 13.9 Å². The number of anilines is 1. The predicted octanol–water partition coefficient (Wildman–Crippen LogP) is 5.48. The molecule has 7 nitrogen and oxygen atoms in total. The van der Waals surface area contributed by atoms with E-state index < -0.39 is 11.9 Å². The highest BCUT2D eigenvalue weighted by Crippen LogP contribution is 2.44. The first-order valence-electron chi connectivity index (χ1n) is 11.0. The Labute approximate surface area is 204 Å². The van der Waals surface area contributed by atoms with Gasteiger partial charge in [0.15, 0.2) is 10.6 Å². The maximum absolute atomic E-state index is 13.8. The summed E-state index contributed by atoms with van der Waals surface area (Å²) >= 11 is 1.36. The van der Waals surface area contributed by atoms with Crippen LogP contribution in [0.1, 0.15) is 33.3 Å². The average molecular weight is 485 g/mol. The van der Waals surface area contributed by atoms with Crippen LogP contribution in [-0.4, -0.2) is 25.1 Å². The minimum atomic E-state index is -0.712. The average Bonchev–Trinajstić information content (AvgIpc) is 3.42. The molecular formula is C27H20N2O5S. The van der Waals surface area contributed by atoms with Crippen molar-refractivity contribution < 1.29 is 18.7 Å². The molecule has 1 amide bonds. The normalized spacial score (nSPS) is 15.1. The Hall–Kier alpha value is -4.17. The number of rotatable bonds is 4. The van der Waals surface area contributed by atoms with E-state index in [0.717, 1.165) is 21.3 Å². The van der Waals surface area contributed by atoms with Gasteiger partial charge in [0.2, 0.25) is 5.76 Å². The van der Waals surface area contributed by atoms with Crippen molar-refractivity contribution in [2.75, 3.05) is 19.1 Å². The number of hydrogen-bond acceptors (Lipinski definition) is 7. The van der Waals surface area contributed by atoms with Crippen molar-refractivity contribution in [1.82, 2.24) is 4.98 Å². The maximum atomic E-state index is 13.8. The van der Waals surface area contributed by atoms with Gasteiger partial charge in [0.05, 0.1) is 41.4 Å². The fraction of sp³-hybridized carbons (Fsp3) is 0.148. The van der Waals surface area contributed by atoms with Crippen LogP contribution in [0, 0.1) is 6.92 Å². The van der Waals surface area contributed by atoms with Crippen LogP contribution < -0.4 is 19.8 Å². The van der Waals surface area contributed by atoms with Crippen LogP contribution in [0.2, 0.25) is 0 Å². The lowest BCUT2D eigenvalue weighted by Crippen LogP contribution is -2.29. The number of thiazole rings is 1. The number of hydrogen-bond donors (Lipinski definition) is 0. The number of aromatic nitrogens is 1. The van der Waals surface area contributed by atoms with Gasteiger partial charge in [0, 0.05) is 0 Å². The van der Waals surface area contributed by atoms with Crippen LogP contribution in [-0.2, 0) is 0 Å². The molecule has 35 heavy (non-hydrogen) atoms. The SMILES string of the molecule is COc1cccc(C2c3c(oc4ccc(C)cc4c3=O)C(=O)N2c2nc3ccc(OC)cc3s2)c1. The molecule has 0 bridgehead atoms. The van der Waals surface area contributed by atoms with Crippen LogP contribution in [0.4, 0.5) is 5.13 Å². The Morgan fingerprint density at radius 3 is 2.57 bits per heavy atom. The number of carbonyl (C=O) groups excluding carboxylic acids is 1. The molecule has 1 atom stereocenters. The summed E-state index contributed by atoms with van der Waals surface area (Å²) < 4.78 is 17.7. The second kappa shape index (κ2) is 7.95. The smallest absolute Gasteiger partial charge is 0.297 e. The molecule has 0 N–H and O–H groups in total. The van der Waals surface area contributed by atoms with Gasteiger partial charge in [-0.25, -0.2) is 4.98 Å². The van der Waals surface area contributed by atoms with E-state index in [0.29, 0.717) is 33.2 Å². The molecule has 8 heteroatoms. The van der Waals surface area contributed by atoms with E-state index in [9.17, 15) is 9.59 Å². The quantitative estimate of drug-likeness (QED) is 0.336. The largest absolute Gasteiger partial charge is 0.497 e. The summed E-state index contributed by atoms with van der Waals surface area (Å²) in [6.07, 6.45) is 0. The number of ether oxygens (including phenoxy) is 2. The van der Waals surface area contributed by atoms with Gasteiger partial charge in [-0.3, -0.25) is 14.5 Å². The summed E-state index contributed by atoms with van der Waals surface area (Å²) in [4.78, 5) is 33.9. The Bertz CT molecular complexity index is 1700. The molecule has 0 saturated carbocycles. The Kier molecular flexibility index (Phi) is 4.86. The summed E-state index contributed by atoms with van der Waals surface area (Å²) in [5.74, 6) is 0.958.